The molecule has 2 saturated carbocycles. The summed E-state index contributed by atoms with van der Waals surface area (Å²) in [4.78, 5) is 0. The Hall–Kier alpha value is -0.820. The summed E-state index contributed by atoms with van der Waals surface area (Å²) < 4.78 is 11.6. The molecular weight excluding hydrogens is 348 g/mol. The van der Waals surface area contributed by atoms with Crippen molar-refractivity contribution >= 4 is 0 Å². The maximum Gasteiger partial charge on any atom is 0.171 e. The lowest BCUT2D eigenvalue weighted by molar-refractivity contribution is -0.214. The molecule has 0 bridgehead atoms. The maximum absolute atomic E-state index is 11.6. The van der Waals surface area contributed by atoms with Crippen molar-refractivity contribution in [3.05, 3.63) is 11.1 Å². The van der Waals surface area contributed by atoms with Crippen molar-refractivity contribution in [2.45, 2.75) is 84.0 Å². The van der Waals surface area contributed by atoms with Crippen LogP contribution < -0.4 is 0 Å². The largest absolute Gasteiger partial charge is 0.377 e. The monoisotopic (exact) mass is 386 g/mol. The number of allylic oxidation sites excluding steroid dienone is 1. The highest BCUT2D eigenvalue weighted by Gasteiger charge is 2.65. The molecule has 0 unspecified atom stereocenters. The molecule has 2 fully saturated rings. The molecule has 0 aliphatic heterocycles. The van der Waals surface area contributed by atoms with Crippen molar-refractivity contribution in [2.24, 2.45) is 35.0 Å². The van der Waals surface area contributed by atoms with Gasteiger partial charge < -0.3 is 14.6 Å². The fraction of sp³-hybridized carbons (Fsp3) is 0.840. The minimum Gasteiger partial charge on any atom is -0.377 e. The summed E-state index contributed by atoms with van der Waals surface area (Å²) in [5.74, 6) is 8.69. The van der Waals surface area contributed by atoms with Crippen LogP contribution in [0, 0.1) is 46.8 Å². The molecule has 28 heavy (non-hydrogen) atoms. The molecule has 7 atom stereocenters. The average Bonchev–Trinajstić information content (AvgIpc) is 2.88. The minimum absolute atomic E-state index is 0.0829. The Morgan fingerprint density at radius 3 is 2.50 bits per heavy atom. The quantitative estimate of drug-likeness (QED) is 0.415. The van der Waals surface area contributed by atoms with E-state index < -0.39 is 11.4 Å². The third kappa shape index (κ3) is 2.60. The van der Waals surface area contributed by atoms with Gasteiger partial charge in [0.15, 0.2) is 5.79 Å². The molecule has 156 valence electrons. The van der Waals surface area contributed by atoms with Crippen molar-refractivity contribution in [3.8, 4) is 11.8 Å². The van der Waals surface area contributed by atoms with Crippen LogP contribution in [0.2, 0.25) is 0 Å². The van der Waals surface area contributed by atoms with Crippen molar-refractivity contribution in [1.29, 1.82) is 0 Å². The molecule has 0 saturated heterocycles. The van der Waals surface area contributed by atoms with Crippen molar-refractivity contribution < 1.29 is 14.6 Å². The van der Waals surface area contributed by atoms with Crippen LogP contribution in [-0.2, 0) is 9.47 Å². The van der Waals surface area contributed by atoms with E-state index in [-0.39, 0.29) is 11.3 Å². The smallest absolute Gasteiger partial charge is 0.171 e. The molecule has 0 aromatic carbocycles. The van der Waals surface area contributed by atoms with E-state index in [0.717, 1.165) is 38.5 Å². The Kier molecular flexibility index (Phi) is 5.01. The van der Waals surface area contributed by atoms with Gasteiger partial charge in [-0.15, -0.1) is 5.92 Å². The van der Waals surface area contributed by atoms with Gasteiger partial charge in [-0.25, -0.2) is 0 Å². The molecule has 0 radical (unpaired) electrons. The molecule has 4 aliphatic carbocycles. The van der Waals surface area contributed by atoms with Crippen molar-refractivity contribution in [3.63, 3.8) is 0 Å². The maximum atomic E-state index is 11.6. The molecule has 1 N–H and O–H groups in total. The van der Waals surface area contributed by atoms with Crippen LogP contribution in [0.3, 0.4) is 0 Å². The zero-order valence-corrected chi connectivity index (χ0v) is 18.6. The van der Waals surface area contributed by atoms with E-state index in [2.05, 4.69) is 32.6 Å². The van der Waals surface area contributed by atoms with E-state index in [0.29, 0.717) is 23.7 Å². The summed E-state index contributed by atoms with van der Waals surface area (Å²) in [5.41, 5.74) is 2.39. The van der Waals surface area contributed by atoms with Gasteiger partial charge in [-0.2, -0.15) is 0 Å². The molecular formula is C25H38O3. The highest BCUT2D eigenvalue weighted by Crippen LogP contribution is 2.67. The molecule has 0 aromatic rings. The van der Waals surface area contributed by atoms with E-state index >= 15 is 0 Å². The lowest BCUT2D eigenvalue weighted by Crippen LogP contribution is -2.54. The minimum atomic E-state index is -0.834. The molecule has 0 amide bonds. The molecule has 4 rings (SSSR count). The first-order chi connectivity index (χ1) is 13.2. The SMILES string of the molecule is CC#C[C@]1(O)[C@H](C)C[C@H]2[C@@H]3[C@H](C)CC4=C(CCC(OC)(OC)C4)[C@H]3CC[C@@]21C. The summed E-state index contributed by atoms with van der Waals surface area (Å²) in [5, 5.41) is 11.6. The van der Waals surface area contributed by atoms with Gasteiger partial charge in [-0.05, 0) is 68.6 Å². The zero-order chi connectivity index (χ0) is 20.3. The van der Waals surface area contributed by atoms with Crippen molar-refractivity contribution in [1.82, 2.24) is 0 Å². The Labute approximate surface area is 171 Å². The van der Waals surface area contributed by atoms with Crippen LogP contribution in [0.1, 0.15) is 72.6 Å². The van der Waals surface area contributed by atoms with Gasteiger partial charge >= 0.3 is 0 Å². The zero-order valence-electron chi connectivity index (χ0n) is 18.6. The first-order valence-electron chi connectivity index (χ1n) is 11.2. The highest BCUT2D eigenvalue weighted by molar-refractivity contribution is 5.32. The summed E-state index contributed by atoms with van der Waals surface area (Å²) in [6.07, 6.45) is 7.51. The Morgan fingerprint density at radius 2 is 1.86 bits per heavy atom. The fourth-order valence-corrected chi connectivity index (χ4v) is 7.84. The van der Waals surface area contributed by atoms with Gasteiger partial charge in [-0.1, -0.05) is 37.8 Å². The van der Waals surface area contributed by atoms with E-state index in [1.807, 2.05) is 6.92 Å². The molecule has 0 aromatic heterocycles. The van der Waals surface area contributed by atoms with Crippen LogP contribution in [0.25, 0.3) is 0 Å². The first kappa shape index (κ1) is 20.5. The number of fused-ring (bicyclic) bond motifs is 4. The standard InChI is InChI=1S/C25H38O3/c1-7-10-25(26)17(3)14-21-22-16(2)13-18-15-24(27-5,28-6)12-9-19(18)20(22)8-11-23(21,25)4/h16-17,20-22,26H,8-9,11-15H2,1-6H3/t16-,17-,20-,21+,22-,23+,25+/m1/s1. The summed E-state index contributed by atoms with van der Waals surface area (Å²) in [7, 11) is 3.57. The number of hydrogen-bond donors (Lipinski definition) is 1. The lowest BCUT2D eigenvalue weighted by Gasteiger charge is -2.56. The lowest BCUT2D eigenvalue weighted by atomic mass is 9.50. The summed E-state index contributed by atoms with van der Waals surface area (Å²) >= 11 is 0. The normalized spacial score (nSPS) is 46.9. The number of methoxy groups -OCH3 is 2. The molecule has 3 heteroatoms. The number of hydrogen-bond acceptors (Lipinski definition) is 3. The Bertz CT molecular complexity index is 724. The van der Waals surface area contributed by atoms with Gasteiger partial charge in [-0.3, -0.25) is 0 Å². The predicted octanol–water partition coefficient (Wildman–Crippen LogP) is 4.94. The second-order valence-corrected chi connectivity index (χ2v) is 10.3. The Balaban J connectivity index is 1.69. The summed E-state index contributed by atoms with van der Waals surface area (Å²) in [6, 6.07) is 0. The highest BCUT2D eigenvalue weighted by atomic mass is 16.7. The predicted molar refractivity (Wildman–Crippen MR) is 111 cm³/mol. The Morgan fingerprint density at radius 1 is 1.14 bits per heavy atom. The van der Waals surface area contributed by atoms with Gasteiger partial charge in [0, 0.05) is 32.5 Å². The van der Waals surface area contributed by atoms with Crippen LogP contribution in [0.5, 0.6) is 0 Å². The number of ether oxygens (including phenoxy) is 2. The third-order valence-electron chi connectivity index (χ3n) is 9.36. The van der Waals surface area contributed by atoms with E-state index in [1.54, 1.807) is 25.4 Å². The number of aliphatic hydroxyl groups is 1. The van der Waals surface area contributed by atoms with Crippen LogP contribution in [-0.4, -0.2) is 30.7 Å². The topological polar surface area (TPSA) is 38.7 Å². The molecule has 4 aliphatic rings. The molecule has 3 nitrogen and oxygen atoms in total. The second kappa shape index (κ2) is 6.86. The van der Waals surface area contributed by atoms with Gasteiger partial charge in [0.2, 0.25) is 0 Å². The average molecular weight is 387 g/mol. The molecule has 0 heterocycles. The van der Waals surface area contributed by atoms with E-state index in [4.69, 9.17) is 9.47 Å². The van der Waals surface area contributed by atoms with Crippen LogP contribution in [0.4, 0.5) is 0 Å². The van der Waals surface area contributed by atoms with Crippen LogP contribution >= 0.6 is 0 Å². The van der Waals surface area contributed by atoms with Gasteiger partial charge in [0.05, 0.1) is 0 Å². The van der Waals surface area contributed by atoms with Gasteiger partial charge in [0.1, 0.15) is 5.60 Å². The van der Waals surface area contributed by atoms with E-state index in [1.165, 1.54) is 6.42 Å². The fourth-order valence-electron chi connectivity index (χ4n) is 7.84. The van der Waals surface area contributed by atoms with Crippen LogP contribution in [0.15, 0.2) is 11.1 Å². The van der Waals surface area contributed by atoms with Gasteiger partial charge in [0.25, 0.3) is 0 Å². The van der Waals surface area contributed by atoms with Crippen molar-refractivity contribution in [2.75, 3.05) is 14.2 Å². The molecule has 0 spiro atoms. The summed E-state index contributed by atoms with van der Waals surface area (Å²) in [6.45, 7) is 8.86. The second-order valence-electron chi connectivity index (χ2n) is 10.3. The number of rotatable bonds is 2. The third-order valence-corrected chi connectivity index (χ3v) is 9.36. The first-order valence-corrected chi connectivity index (χ1v) is 11.2. The van der Waals surface area contributed by atoms with E-state index in [9.17, 15) is 5.11 Å².